The van der Waals surface area contributed by atoms with Crippen LogP contribution in [-0.2, 0) is 6.61 Å². The van der Waals surface area contributed by atoms with Gasteiger partial charge in [-0.1, -0.05) is 12.1 Å². The molecule has 0 spiro atoms. The summed E-state index contributed by atoms with van der Waals surface area (Å²) in [6.07, 6.45) is 2.99. The summed E-state index contributed by atoms with van der Waals surface area (Å²) in [6, 6.07) is 7.40. The van der Waals surface area contributed by atoms with Crippen molar-refractivity contribution >= 4 is 6.21 Å². The fraction of sp³-hybridized carbons (Fsp3) is 0.364. The molecule has 1 aromatic carbocycles. The van der Waals surface area contributed by atoms with Gasteiger partial charge in [-0.2, -0.15) is 0 Å². The Morgan fingerprint density at radius 3 is 3.00 bits per heavy atom. The minimum Gasteiger partial charge on any atom is -0.494 e. The van der Waals surface area contributed by atoms with E-state index in [9.17, 15) is 0 Å². The average Bonchev–Trinajstić information content (AvgIpc) is 2.25. The Morgan fingerprint density at radius 1 is 1.43 bits per heavy atom. The highest BCUT2D eigenvalue weighted by atomic mass is 16.5. The van der Waals surface area contributed by atoms with Gasteiger partial charge in [0.1, 0.15) is 5.75 Å². The topological polar surface area (TPSA) is 53.3 Å². The van der Waals surface area contributed by atoms with Crippen LogP contribution in [0.3, 0.4) is 0 Å². The number of rotatable bonds is 6. The monoisotopic (exact) mass is 193 g/mol. The molecule has 76 valence electrons. The van der Waals surface area contributed by atoms with Gasteiger partial charge in [0.15, 0.2) is 0 Å². The molecule has 0 saturated heterocycles. The Bertz CT molecular complexity index is 286. The van der Waals surface area contributed by atoms with E-state index in [0.29, 0.717) is 6.61 Å². The maximum Gasteiger partial charge on any atom is 0.119 e. The van der Waals surface area contributed by atoms with E-state index >= 15 is 0 Å². The predicted octanol–water partition coefficient (Wildman–Crippen LogP) is 1.99. The van der Waals surface area contributed by atoms with Gasteiger partial charge in [0.25, 0.3) is 0 Å². The molecular formula is C11H15NO2. The van der Waals surface area contributed by atoms with E-state index in [0.717, 1.165) is 24.2 Å². The Kier molecular flexibility index (Phi) is 4.72. The van der Waals surface area contributed by atoms with Crippen molar-refractivity contribution < 1.29 is 9.84 Å². The zero-order chi connectivity index (χ0) is 10.2. The summed E-state index contributed by atoms with van der Waals surface area (Å²) in [5.41, 5.74) is 0.856. The molecule has 2 N–H and O–H groups in total. The van der Waals surface area contributed by atoms with Gasteiger partial charge in [-0.25, -0.2) is 0 Å². The molecule has 1 aromatic rings. The average molecular weight is 193 g/mol. The molecule has 3 nitrogen and oxygen atoms in total. The maximum atomic E-state index is 8.89. The van der Waals surface area contributed by atoms with E-state index < -0.39 is 0 Å². The van der Waals surface area contributed by atoms with Crippen molar-refractivity contribution in [2.45, 2.75) is 19.4 Å². The van der Waals surface area contributed by atoms with Gasteiger partial charge >= 0.3 is 0 Å². The predicted molar refractivity (Wildman–Crippen MR) is 55.9 cm³/mol. The quantitative estimate of drug-likeness (QED) is 0.536. The summed E-state index contributed by atoms with van der Waals surface area (Å²) >= 11 is 0. The molecule has 0 aromatic heterocycles. The first kappa shape index (κ1) is 10.7. The molecule has 0 unspecified atom stereocenters. The van der Waals surface area contributed by atoms with Crippen molar-refractivity contribution in [2.24, 2.45) is 0 Å². The van der Waals surface area contributed by atoms with E-state index in [-0.39, 0.29) is 6.61 Å². The van der Waals surface area contributed by atoms with Crippen LogP contribution >= 0.6 is 0 Å². The SMILES string of the molecule is N=CCCCOc1cccc(CO)c1. The minimum atomic E-state index is 0.0394. The van der Waals surface area contributed by atoms with E-state index in [1.54, 1.807) is 0 Å². The first-order valence-electron chi connectivity index (χ1n) is 4.68. The lowest BCUT2D eigenvalue weighted by molar-refractivity contribution is 0.279. The summed E-state index contributed by atoms with van der Waals surface area (Å²) < 4.78 is 5.44. The van der Waals surface area contributed by atoms with Crippen molar-refractivity contribution in [1.82, 2.24) is 0 Å². The van der Waals surface area contributed by atoms with Crippen molar-refractivity contribution in [2.75, 3.05) is 6.61 Å². The molecule has 0 bridgehead atoms. The van der Waals surface area contributed by atoms with Gasteiger partial charge in [0.05, 0.1) is 13.2 Å². The molecule has 0 aliphatic carbocycles. The molecule has 0 amide bonds. The standard InChI is InChI=1S/C11H15NO2/c12-6-1-2-7-14-11-5-3-4-10(8-11)9-13/h3-6,8,12-13H,1-2,7,9H2. The molecule has 1 rings (SSSR count). The Morgan fingerprint density at radius 2 is 2.29 bits per heavy atom. The molecule has 0 aliphatic heterocycles. The Balaban J connectivity index is 2.38. The smallest absolute Gasteiger partial charge is 0.119 e. The summed E-state index contributed by atoms with van der Waals surface area (Å²) in [5.74, 6) is 0.779. The van der Waals surface area contributed by atoms with Crippen LogP contribution in [0.25, 0.3) is 0 Å². The van der Waals surface area contributed by atoms with Crippen LogP contribution in [0.15, 0.2) is 24.3 Å². The molecule has 0 saturated carbocycles. The largest absolute Gasteiger partial charge is 0.494 e. The number of aliphatic hydroxyl groups is 1. The zero-order valence-corrected chi connectivity index (χ0v) is 8.07. The van der Waals surface area contributed by atoms with Gasteiger partial charge in [0.2, 0.25) is 0 Å². The molecule has 0 fully saturated rings. The van der Waals surface area contributed by atoms with E-state index in [1.165, 1.54) is 6.21 Å². The number of nitrogens with one attached hydrogen (secondary N) is 1. The van der Waals surface area contributed by atoms with Crippen molar-refractivity contribution in [3.8, 4) is 5.75 Å². The second kappa shape index (κ2) is 6.16. The first-order valence-corrected chi connectivity index (χ1v) is 4.68. The lowest BCUT2D eigenvalue weighted by Crippen LogP contribution is -1.97. The third-order valence-electron chi connectivity index (χ3n) is 1.84. The lowest BCUT2D eigenvalue weighted by atomic mass is 10.2. The Labute approximate surface area is 83.8 Å². The molecule has 3 heteroatoms. The number of hydrogen-bond acceptors (Lipinski definition) is 3. The number of ether oxygens (including phenoxy) is 1. The van der Waals surface area contributed by atoms with Gasteiger partial charge in [-0.05, 0) is 36.8 Å². The first-order chi connectivity index (χ1) is 6.86. The summed E-state index contributed by atoms with van der Waals surface area (Å²) in [7, 11) is 0. The molecule has 0 radical (unpaired) electrons. The normalized spacial score (nSPS) is 9.79. The van der Waals surface area contributed by atoms with Gasteiger partial charge < -0.3 is 15.3 Å². The second-order valence-electron chi connectivity index (χ2n) is 3.00. The van der Waals surface area contributed by atoms with Crippen LogP contribution in [0, 0.1) is 5.41 Å². The third-order valence-corrected chi connectivity index (χ3v) is 1.84. The summed E-state index contributed by atoms with van der Waals surface area (Å²) in [4.78, 5) is 0. The van der Waals surface area contributed by atoms with Crippen LogP contribution in [-0.4, -0.2) is 17.9 Å². The summed E-state index contributed by atoms with van der Waals surface area (Å²) in [5, 5.41) is 15.7. The molecule has 14 heavy (non-hydrogen) atoms. The van der Waals surface area contributed by atoms with Crippen LogP contribution in [0.1, 0.15) is 18.4 Å². The number of aliphatic hydroxyl groups excluding tert-OH is 1. The highest BCUT2D eigenvalue weighted by Crippen LogP contribution is 2.13. The van der Waals surface area contributed by atoms with Crippen LogP contribution < -0.4 is 4.74 Å². The second-order valence-corrected chi connectivity index (χ2v) is 3.00. The van der Waals surface area contributed by atoms with E-state index in [2.05, 4.69) is 0 Å². The van der Waals surface area contributed by atoms with E-state index in [1.807, 2.05) is 24.3 Å². The summed E-state index contributed by atoms with van der Waals surface area (Å²) in [6.45, 7) is 0.655. The van der Waals surface area contributed by atoms with E-state index in [4.69, 9.17) is 15.3 Å². The molecule has 0 heterocycles. The third kappa shape index (κ3) is 3.58. The number of hydrogen-bond donors (Lipinski definition) is 2. The molecule has 0 aliphatic rings. The van der Waals surface area contributed by atoms with Crippen LogP contribution in [0.4, 0.5) is 0 Å². The number of benzene rings is 1. The van der Waals surface area contributed by atoms with Gasteiger partial charge in [-0.3, -0.25) is 0 Å². The van der Waals surface area contributed by atoms with Crippen molar-refractivity contribution in [3.05, 3.63) is 29.8 Å². The lowest BCUT2D eigenvalue weighted by Gasteiger charge is -2.05. The van der Waals surface area contributed by atoms with Crippen molar-refractivity contribution in [1.29, 1.82) is 5.41 Å². The van der Waals surface area contributed by atoms with Gasteiger partial charge in [0, 0.05) is 0 Å². The van der Waals surface area contributed by atoms with Crippen molar-refractivity contribution in [3.63, 3.8) is 0 Å². The van der Waals surface area contributed by atoms with Gasteiger partial charge in [-0.15, -0.1) is 0 Å². The van der Waals surface area contributed by atoms with Crippen LogP contribution in [0.2, 0.25) is 0 Å². The molecular weight excluding hydrogens is 178 g/mol. The highest BCUT2D eigenvalue weighted by molar-refractivity contribution is 5.52. The Hall–Kier alpha value is -1.35. The minimum absolute atomic E-state index is 0.0394. The highest BCUT2D eigenvalue weighted by Gasteiger charge is 1.95. The number of unbranched alkanes of at least 4 members (excludes halogenated alkanes) is 1. The fourth-order valence-corrected chi connectivity index (χ4v) is 1.11. The maximum absolute atomic E-state index is 8.89. The van der Waals surface area contributed by atoms with Crippen LogP contribution in [0.5, 0.6) is 5.75 Å². The zero-order valence-electron chi connectivity index (χ0n) is 8.07. The fourth-order valence-electron chi connectivity index (χ4n) is 1.11. The molecule has 0 atom stereocenters.